The molecule has 1 unspecified atom stereocenters. The molecule has 1 atom stereocenters. The summed E-state index contributed by atoms with van der Waals surface area (Å²) in [6.07, 6.45) is 4.68. The number of hydrogen-bond acceptors (Lipinski definition) is 3. The summed E-state index contributed by atoms with van der Waals surface area (Å²) in [5.41, 5.74) is 5.32. The number of amides is 2. The van der Waals surface area contributed by atoms with Crippen LogP contribution in [-0.2, 0) is 16.0 Å². The summed E-state index contributed by atoms with van der Waals surface area (Å²) in [5, 5.41) is 1.23. The van der Waals surface area contributed by atoms with Crippen LogP contribution in [0.15, 0.2) is 42.5 Å². The van der Waals surface area contributed by atoms with E-state index < -0.39 is 0 Å². The molecule has 0 saturated carbocycles. The number of rotatable bonds is 5. The minimum Gasteiger partial charge on any atom is -0.356 e. The number of pyridine rings is 1. The van der Waals surface area contributed by atoms with Gasteiger partial charge in [-0.15, -0.1) is 0 Å². The molecule has 1 N–H and O–H groups in total. The van der Waals surface area contributed by atoms with Gasteiger partial charge in [-0.3, -0.25) is 14.6 Å². The van der Waals surface area contributed by atoms with Crippen molar-refractivity contribution in [1.82, 2.24) is 19.8 Å². The summed E-state index contributed by atoms with van der Waals surface area (Å²) in [7, 11) is 0. The average Bonchev–Trinajstić information content (AvgIpc) is 3.18. The Morgan fingerprint density at radius 1 is 1.09 bits per heavy atom. The van der Waals surface area contributed by atoms with Crippen molar-refractivity contribution in [1.29, 1.82) is 0 Å². The maximum atomic E-state index is 13.4. The second kappa shape index (κ2) is 8.77. The number of hydrogen-bond donors (Lipinski definition) is 1. The van der Waals surface area contributed by atoms with Crippen molar-refractivity contribution in [2.24, 2.45) is 0 Å². The van der Waals surface area contributed by atoms with E-state index in [1.165, 1.54) is 10.9 Å². The Morgan fingerprint density at radius 2 is 1.97 bits per heavy atom. The SMILES string of the molecule is Cc1cccc(C2c3[nH]c4ccccc4c3CCN2C(=O)CCCN2CCCCC2=O)n1. The largest absolute Gasteiger partial charge is 0.356 e. The van der Waals surface area contributed by atoms with Crippen LogP contribution in [0.1, 0.15) is 60.8 Å². The van der Waals surface area contributed by atoms with E-state index in [-0.39, 0.29) is 17.9 Å². The summed E-state index contributed by atoms with van der Waals surface area (Å²) < 4.78 is 0. The molecule has 5 rings (SSSR count). The summed E-state index contributed by atoms with van der Waals surface area (Å²) in [6, 6.07) is 14.2. The first kappa shape index (κ1) is 20.7. The molecule has 166 valence electrons. The van der Waals surface area contributed by atoms with E-state index in [2.05, 4.69) is 23.2 Å². The van der Waals surface area contributed by atoms with Crippen molar-refractivity contribution >= 4 is 22.7 Å². The first-order chi connectivity index (χ1) is 15.6. The quantitative estimate of drug-likeness (QED) is 0.661. The molecule has 2 amide bonds. The molecule has 32 heavy (non-hydrogen) atoms. The lowest BCUT2D eigenvalue weighted by molar-refractivity contribution is -0.136. The Hall–Kier alpha value is -3.15. The zero-order valence-electron chi connectivity index (χ0n) is 18.6. The number of aryl methyl sites for hydroxylation is 1. The molecule has 2 aliphatic heterocycles. The smallest absolute Gasteiger partial charge is 0.223 e. The van der Waals surface area contributed by atoms with Gasteiger partial charge >= 0.3 is 0 Å². The lowest BCUT2D eigenvalue weighted by atomic mass is 9.94. The predicted molar refractivity (Wildman–Crippen MR) is 124 cm³/mol. The first-order valence-electron chi connectivity index (χ1n) is 11.7. The number of carbonyl (C=O) groups is 2. The Morgan fingerprint density at radius 3 is 2.81 bits per heavy atom. The van der Waals surface area contributed by atoms with Gasteiger partial charge < -0.3 is 14.8 Å². The van der Waals surface area contributed by atoms with Crippen LogP contribution in [0.2, 0.25) is 0 Å². The van der Waals surface area contributed by atoms with Gasteiger partial charge in [0, 0.05) is 54.8 Å². The predicted octanol–water partition coefficient (Wildman–Crippen LogP) is 4.14. The van der Waals surface area contributed by atoms with Gasteiger partial charge in [0.2, 0.25) is 11.8 Å². The van der Waals surface area contributed by atoms with E-state index in [9.17, 15) is 9.59 Å². The Labute approximate surface area is 188 Å². The van der Waals surface area contributed by atoms with Gasteiger partial charge in [0.1, 0.15) is 6.04 Å². The van der Waals surface area contributed by atoms with E-state index in [0.29, 0.717) is 32.4 Å². The first-order valence-corrected chi connectivity index (χ1v) is 11.7. The number of carbonyl (C=O) groups excluding carboxylic acids is 2. The van der Waals surface area contributed by atoms with Crippen molar-refractivity contribution in [3.63, 3.8) is 0 Å². The molecule has 1 saturated heterocycles. The summed E-state index contributed by atoms with van der Waals surface area (Å²) in [6.45, 7) is 4.16. The van der Waals surface area contributed by atoms with E-state index in [4.69, 9.17) is 4.98 Å². The van der Waals surface area contributed by atoms with Crippen LogP contribution in [0.3, 0.4) is 0 Å². The molecular formula is C26H30N4O2. The topological polar surface area (TPSA) is 69.3 Å². The van der Waals surface area contributed by atoms with Gasteiger partial charge in [-0.1, -0.05) is 24.3 Å². The van der Waals surface area contributed by atoms with Crippen molar-refractivity contribution in [2.45, 2.75) is 51.5 Å². The van der Waals surface area contributed by atoms with Crippen molar-refractivity contribution < 1.29 is 9.59 Å². The second-order valence-corrected chi connectivity index (χ2v) is 8.95. The maximum absolute atomic E-state index is 13.4. The molecular weight excluding hydrogens is 400 g/mol. The normalized spacial score (nSPS) is 18.8. The van der Waals surface area contributed by atoms with E-state index in [0.717, 1.165) is 48.4 Å². The van der Waals surface area contributed by atoms with Gasteiger partial charge in [0.25, 0.3) is 0 Å². The van der Waals surface area contributed by atoms with Gasteiger partial charge in [0.05, 0.1) is 5.69 Å². The molecule has 3 aromatic rings. The molecule has 6 nitrogen and oxygen atoms in total. The third-order valence-corrected chi connectivity index (χ3v) is 6.78. The maximum Gasteiger partial charge on any atom is 0.223 e. The van der Waals surface area contributed by atoms with Crippen LogP contribution >= 0.6 is 0 Å². The van der Waals surface area contributed by atoms with Gasteiger partial charge in [-0.25, -0.2) is 0 Å². The van der Waals surface area contributed by atoms with Crippen molar-refractivity contribution in [3.8, 4) is 0 Å². The highest BCUT2D eigenvalue weighted by Gasteiger charge is 2.35. The molecule has 0 spiro atoms. The fourth-order valence-electron chi connectivity index (χ4n) is 5.20. The van der Waals surface area contributed by atoms with Crippen LogP contribution in [0.25, 0.3) is 10.9 Å². The zero-order valence-corrected chi connectivity index (χ0v) is 18.6. The fourth-order valence-corrected chi connectivity index (χ4v) is 5.20. The van der Waals surface area contributed by atoms with E-state index >= 15 is 0 Å². The van der Waals surface area contributed by atoms with Gasteiger partial charge in [-0.2, -0.15) is 0 Å². The third-order valence-electron chi connectivity index (χ3n) is 6.78. The Bertz CT molecular complexity index is 1150. The number of likely N-dealkylation sites (tertiary alicyclic amines) is 1. The van der Waals surface area contributed by atoms with E-state index in [1.54, 1.807) is 0 Å². The number of nitrogens with one attached hydrogen (secondary N) is 1. The fraction of sp³-hybridized carbons (Fsp3) is 0.423. The standard InChI is InChI=1S/C26H30N4O2/c1-18-8-6-11-22(27-18)26-25-20(19-9-2-3-10-21(19)28-25)14-17-30(26)24(32)13-7-16-29-15-5-4-12-23(29)31/h2-3,6,8-11,26,28H,4-5,7,12-17H2,1H3. The Kier molecular flexibility index (Phi) is 5.68. The molecule has 1 fully saturated rings. The number of fused-ring (bicyclic) bond motifs is 3. The Balaban J connectivity index is 1.40. The molecule has 2 aromatic heterocycles. The van der Waals surface area contributed by atoms with Crippen molar-refractivity contribution in [2.75, 3.05) is 19.6 Å². The molecule has 0 radical (unpaired) electrons. The minimum absolute atomic E-state index is 0.132. The number of aromatic amines is 1. The number of nitrogens with zero attached hydrogens (tertiary/aromatic N) is 3. The number of piperidine rings is 1. The third kappa shape index (κ3) is 3.90. The summed E-state index contributed by atoms with van der Waals surface area (Å²) >= 11 is 0. The average molecular weight is 431 g/mol. The second-order valence-electron chi connectivity index (χ2n) is 8.95. The highest BCUT2D eigenvalue weighted by atomic mass is 16.2. The number of aromatic nitrogens is 2. The van der Waals surface area contributed by atoms with Crippen LogP contribution in [-0.4, -0.2) is 51.2 Å². The lowest BCUT2D eigenvalue weighted by Gasteiger charge is -2.36. The molecule has 0 aliphatic carbocycles. The molecule has 0 bridgehead atoms. The van der Waals surface area contributed by atoms with Gasteiger partial charge in [0.15, 0.2) is 0 Å². The number of H-pyrrole nitrogens is 1. The molecule has 1 aromatic carbocycles. The number of benzene rings is 1. The van der Waals surface area contributed by atoms with Crippen molar-refractivity contribution in [3.05, 3.63) is 65.1 Å². The highest BCUT2D eigenvalue weighted by molar-refractivity contribution is 5.86. The van der Waals surface area contributed by atoms with Crippen LogP contribution in [0, 0.1) is 6.92 Å². The van der Waals surface area contributed by atoms with Crippen LogP contribution < -0.4 is 0 Å². The highest BCUT2D eigenvalue weighted by Crippen LogP contribution is 2.38. The summed E-state index contributed by atoms with van der Waals surface area (Å²) in [5.74, 6) is 0.360. The number of para-hydroxylation sites is 1. The van der Waals surface area contributed by atoms with Gasteiger partial charge in [-0.05, 0) is 56.4 Å². The molecule has 4 heterocycles. The summed E-state index contributed by atoms with van der Waals surface area (Å²) in [4.78, 5) is 37.8. The van der Waals surface area contributed by atoms with Crippen LogP contribution in [0.4, 0.5) is 0 Å². The van der Waals surface area contributed by atoms with E-state index in [1.807, 2.05) is 41.0 Å². The molecule has 6 heteroatoms. The lowest BCUT2D eigenvalue weighted by Crippen LogP contribution is -2.41. The monoisotopic (exact) mass is 430 g/mol. The zero-order chi connectivity index (χ0) is 22.1. The minimum atomic E-state index is -0.213. The molecule has 2 aliphatic rings. The van der Waals surface area contributed by atoms with Crippen LogP contribution in [0.5, 0.6) is 0 Å².